The van der Waals surface area contributed by atoms with Crippen LogP contribution in [0.2, 0.25) is 0 Å². The summed E-state index contributed by atoms with van der Waals surface area (Å²) in [4.78, 5) is 13.3. The fraction of sp³-hybridized carbons (Fsp3) is 0.900. The summed E-state index contributed by atoms with van der Waals surface area (Å²) in [5, 5.41) is 0. The average Bonchev–Trinajstić information content (AvgIpc) is 2.15. The van der Waals surface area contributed by atoms with E-state index in [9.17, 15) is 4.79 Å². The predicted octanol–water partition coefficient (Wildman–Crippen LogP) is 1.90. The first kappa shape index (κ1) is 13.9. The van der Waals surface area contributed by atoms with E-state index in [1.165, 1.54) is 0 Å². The molecule has 0 aliphatic carbocycles. The highest BCUT2D eigenvalue weighted by atomic mass is 79.9. The third kappa shape index (κ3) is 4.96. The molecule has 84 valence electrons. The quantitative estimate of drug-likeness (QED) is 0.543. The Morgan fingerprint density at radius 2 is 2.07 bits per heavy atom. The van der Waals surface area contributed by atoms with E-state index in [2.05, 4.69) is 15.9 Å². The van der Waals surface area contributed by atoms with Crippen LogP contribution in [-0.4, -0.2) is 42.4 Å². The number of rotatable bonds is 6. The minimum atomic E-state index is -0.0888. The van der Waals surface area contributed by atoms with Gasteiger partial charge < -0.3 is 9.64 Å². The van der Waals surface area contributed by atoms with Crippen LogP contribution in [0, 0.1) is 5.92 Å². The molecule has 0 spiro atoms. The van der Waals surface area contributed by atoms with Crippen molar-refractivity contribution in [3.8, 4) is 0 Å². The lowest BCUT2D eigenvalue weighted by atomic mass is 10.1. The Morgan fingerprint density at radius 1 is 1.50 bits per heavy atom. The Bertz CT molecular complexity index is 174. The van der Waals surface area contributed by atoms with Gasteiger partial charge in [0.15, 0.2) is 0 Å². The molecular weight excluding hydrogens is 246 g/mol. The van der Waals surface area contributed by atoms with E-state index < -0.39 is 0 Å². The summed E-state index contributed by atoms with van der Waals surface area (Å²) in [5.74, 6) is 0.441. The molecule has 4 heteroatoms. The van der Waals surface area contributed by atoms with Crippen LogP contribution in [0.25, 0.3) is 0 Å². The molecule has 0 saturated carbocycles. The smallest absolute Gasteiger partial charge is 0.236 e. The summed E-state index contributed by atoms with van der Waals surface area (Å²) < 4.78 is 5.19. The van der Waals surface area contributed by atoms with Gasteiger partial charge in [0.2, 0.25) is 5.91 Å². The maximum atomic E-state index is 11.7. The van der Waals surface area contributed by atoms with Gasteiger partial charge >= 0.3 is 0 Å². The molecule has 0 aliphatic heterocycles. The largest absolute Gasteiger partial charge is 0.380 e. The molecule has 1 atom stereocenters. The van der Waals surface area contributed by atoms with Crippen molar-refractivity contribution in [1.29, 1.82) is 0 Å². The van der Waals surface area contributed by atoms with Crippen molar-refractivity contribution < 1.29 is 9.53 Å². The number of likely N-dealkylation sites (N-methyl/N-ethyl adjacent to an activating group) is 1. The number of carbonyl (C=O) groups excluding carboxylic acids is 1. The topological polar surface area (TPSA) is 29.5 Å². The van der Waals surface area contributed by atoms with Crippen LogP contribution < -0.4 is 0 Å². The normalized spacial score (nSPS) is 13.0. The van der Waals surface area contributed by atoms with Crippen LogP contribution in [0.1, 0.15) is 20.8 Å². The molecular formula is C10H20BrNO2. The SMILES string of the molecule is CCOCCN(C)C(=O)C(Br)C(C)C. The first-order valence-electron chi connectivity index (χ1n) is 4.97. The number of carbonyl (C=O) groups is 1. The summed E-state index contributed by atoms with van der Waals surface area (Å²) in [6.45, 7) is 7.95. The molecule has 0 radical (unpaired) electrons. The van der Waals surface area contributed by atoms with Gasteiger partial charge in [-0.05, 0) is 12.8 Å². The summed E-state index contributed by atoms with van der Waals surface area (Å²) in [6.07, 6.45) is 0. The molecule has 0 saturated heterocycles. The number of alkyl halides is 1. The van der Waals surface area contributed by atoms with Crippen LogP contribution >= 0.6 is 15.9 Å². The monoisotopic (exact) mass is 265 g/mol. The van der Waals surface area contributed by atoms with Crippen LogP contribution in [-0.2, 0) is 9.53 Å². The molecule has 1 unspecified atom stereocenters. The maximum absolute atomic E-state index is 11.7. The summed E-state index contributed by atoms with van der Waals surface area (Å²) in [5.41, 5.74) is 0. The lowest BCUT2D eigenvalue weighted by molar-refractivity contribution is -0.130. The number of halogens is 1. The van der Waals surface area contributed by atoms with Crippen molar-refractivity contribution in [3.63, 3.8) is 0 Å². The minimum absolute atomic E-state index is 0.0888. The zero-order chi connectivity index (χ0) is 11.1. The Labute approximate surface area is 94.9 Å². The van der Waals surface area contributed by atoms with Crippen LogP contribution in [0.3, 0.4) is 0 Å². The number of amides is 1. The van der Waals surface area contributed by atoms with E-state index in [-0.39, 0.29) is 10.7 Å². The highest BCUT2D eigenvalue weighted by molar-refractivity contribution is 9.10. The van der Waals surface area contributed by atoms with Gasteiger partial charge in [0.1, 0.15) is 0 Å². The van der Waals surface area contributed by atoms with Crippen molar-refractivity contribution in [2.45, 2.75) is 25.6 Å². The zero-order valence-corrected chi connectivity index (χ0v) is 11.0. The second kappa shape index (κ2) is 7.23. The van der Waals surface area contributed by atoms with Crippen molar-refractivity contribution in [2.75, 3.05) is 26.8 Å². The first-order chi connectivity index (χ1) is 6.50. The molecule has 0 aliphatic rings. The van der Waals surface area contributed by atoms with E-state index in [0.29, 0.717) is 25.7 Å². The highest BCUT2D eigenvalue weighted by Gasteiger charge is 2.21. The molecule has 0 N–H and O–H groups in total. The van der Waals surface area contributed by atoms with Gasteiger partial charge in [0.05, 0.1) is 11.4 Å². The van der Waals surface area contributed by atoms with Crippen LogP contribution in [0.5, 0.6) is 0 Å². The van der Waals surface area contributed by atoms with E-state index >= 15 is 0 Å². The van der Waals surface area contributed by atoms with Crippen molar-refractivity contribution >= 4 is 21.8 Å². The van der Waals surface area contributed by atoms with Crippen LogP contribution in [0.4, 0.5) is 0 Å². The number of nitrogens with zero attached hydrogens (tertiary/aromatic N) is 1. The molecule has 0 aromatic carbocycles. The lowest BCUT2D eigenvalue weighted by Gasteiger charge is -2.22. The molecule has 0 aromatic heterocycles. The number of hydrogen-bond donors (Lipinski definition) is 0. The molecule has 0 aromatic rings. The van der Waals surface area contributed by atoms with Crippen molar-refractivity contribution in [2.24, 2.45) is 5.92 Å². The lowest BCUT2D eigenvalue weighted by Crippen LogP contribution is -2.37. The van der Waals surface area contributed by atoms with E-state index in [1.807, 2.05) is 20.8 Å². The second-order valence-electron chi connectivity index (χ2n) is 3.60. The molecule has 14 heavy (non-hydrogen) atoms. The third-order valence-corrected chi connectivity index (χ3v) is 3.42. The fourth-order valence-electron chi connectivity index (χ4n) is 0.952. The van der Waals surface area contributed by atoms with Crippen LogP contribution in [0.15, 0.2) is 0 Å². The zero-order valence-electron chi connectivity index (χ0n) is 9.42. The molecule has 0 rings (SSSR count). The summed E-state index contributed by atoms with van der Waals surface area (Å²) in [6, 6.07) is 0. The average molecular weight is 266 g/mol. The van der Waals surface area contributed by atoms with Gasteiger partial charge in [-0.3, -0.25) is 4.79 Å². The summed E-state index contributed by atoms with van der Waals surface area (Å²) in [7, 11) is 1.80. The van der Waals surface area contributed by atoms with E-state index in [4.69, 9.17) is 4.74 Å². The van der Waals surface area contributed by atoms with Gasteiger partial charge in [0, 0.05) is 20.2 Å². The summed E-state index contributed by atoms with van der Waals surface area (Å²) >= 11 is 3.39. The molecule has 0 fully saturated rings. The molecule has 3 nitrogen and oxygen atoms in total. The number of ether oxygens (including phenoxy) is 1. The Morgan fingerprint density at radius 3 is 2.50 bits per heavy atom. The Kier molecular flexibility index (Phi) is 7.19. The molecule has 0 heterocycles. The minimum Gasteiger partial charge on any atom is -0.380 e. The van der Waals surface area contributed by atoms with Gasteiger partial charge in [-0.1, -0.05) is 29.8 Å². The standard InChI is InChI=1S/C10H20BrNO2/c1-5-14-7-6-12(4)10(13)9(11)8(2)3/h8-9H,5-7H2,1-4H3. The van der Waals surface area contributed by atoms with E-state index in [0.717, 1.165) is 0 Å². The van der Waals surface area contributed by atoms with Crippen molar-refractivity contribution in [1.82, 2.24) is 4.90 Å². The van der Waals surface area contributed by atoms with E-state index in [1.54, 1.807) is 11.9 Å². The van der Waals surface area contributed by atoms with Gasteiger partial charge in [-0.15, -0.1) is 0 Å². The predicted molar refractivity (Wildman–Crippen MR) is 61.7 cm³/mol. The van der Waals surface area contributed by atoms with Gasteiger partial charge in [-0.2, -0.15) is 0 Å². The number of hydrogen-bond acceptors (Lipinski definition) is 2. The Balaban J connectivity index is 3.86. The van der Waals surface area contributed by atoms with Gasteiger partial charge in [0.25, 0.3) is 0 Å². The second-order valence-corrected chi connectivity index (χ2v) is 4.59. The highest BCUT2D eigenvalue weighted by Crippen LogP contribution is 2.14. The third-order valence-electron chi connectivity index (χ3n) is 1.97. The Hall–Kier alpha value is -0.0900. The molecule has 1 amide bonds. The first-order valence-corrected chi connectivity index (χ1v) is 5.89. The van der Waals surface area contributed by atoms with Crippen molar-refractivity contribution in [3.05, 3.63) is 0 Å². The van der Waals surface area contributed by atoms with Gasteiger partial charge in [-0.25, -0.2) is 0 Å². The fourth-order valence-corrected chi connectivity index (χ4v) is 1.30. The molecule has 0 bridgehead atoms. The maximum Gasteiger partial charge on any atom is 0.236 e.